The number of hydrogen-bond donors (Lipinski definition) is 0. The second-order valence-electron chi connectivity index (χ2n) is 9.78. The van der Waals surface area contributed by atoms with Gasteiger partial charge in [-0.25, -0.2) is 0 Å². The van der Waals surface area contributed by atoms with E-state index >= 15 is 0 Å². The number of benzene rings is 7. The van der Waals surface area contributed by atoms with Gasteiger partial charge in [0.1, 0.15) is 0 Å². The Hall–Kier alpha value is -4.66. The zero-order valence-electron chi connectivity index (χ0n) is 20.6. The summed E-state index contributed by atoms with van der Waals surface area (Å²) < 4.78 is 2.65. The van der Waals surface area contributed by atoms with Crippen LogP contribution < -0.4 is 4.90 Å². The van der Waals surface area contributed by atoms with Crippen molar-refractivity contribution in [3.05, 3.63) is 140 Å². The topological polar surface area (TPSA) is 3.24 Å². The monoisotopic (exact) mass is 501 g/mol. The van der Waals surface area contributed by atoms with Gasteiger partial charge in [0.25, 0.3) is 0 Å². The molecule has 0 atom stereocenters. The molecule has 0 aliphatic heterocycles. The summed E-state index contributed by atoms with van der Waals surface area (Å²) in [4.78, 5) is 2.42. The lowest BCUT2D eigenvalue weighted by Gasteiger charge is -2.27. The molecule has 0 amide bonds. The molecule has 2 heteroatoms. The van der Waals surface area contributed by atoms with Crippen molar-refractivity contribution >= 4 is 80.9 Å². The molecule has 8 rings (SSSR count). The lowest BCUT2D eigenvalue weighted by atomic mass is 9.98. The molecule has 0 bridgehead atoms. The number of para-hydroxylation sites is 1. The van der Waals surface area contributed by atoms with E-state index in [-0.39, 0.29) is 0 Å². The van der Waals surface area contributed by atoms with E-state index in [1.807, 2.05) is 11.3 Å². The number of nitrogens with zero attached hydrogens (tertiary/aromatic N) is 1. The Morgan fingerprint density at radius 1 is 0.395 bits per heavy atom. The highest BCUT2D eigenvalue weighted by molar-refractivity contribution is 7.26. The molecule has 0 spiro atoms. The van der Waals surface area contributed by atoms with Gasteiger partial charge in [0.15, 0.2) is 0 Å². The van der Waals surface area contributed by atoms with E-state index in [9.17, 15) is 0 Å². The Bertz CT molecular complexity index is 2140. The first kappa shape index (κ1) is 21.4. The van der Waals surface area contributed by atoms with Gasteiger partial charge in [-0.3, -0.25) is 0 Å². The Morgan fingerprint density at radius 2 is 1.05 bits per heavy atom. The molecule has 178 valence electrons. The maximum absolute atomic E-state index is 2.42. The Balaban J connectivity index is 1.46. The number of hydrogen-bond acceptors (Lipinski definition) is 2. The normalized spacial score (nSPS) is 11.7. The van der Waals surface area contributed by atoms with Gasteiger partial charge in [0, 0.05) is 36.9 Å². The van der Waals surface area contributed by atoms with Crippen molar-refractivity contribution in [2.75, 3.05) is 4.90 Å². The first-order valence-corrected chi connectivity index (χ1v) is 13.8. The predicted octanol–water partition coefficient (Wildman–Crippen LogP) is 11.0. The second kappa shape index (κ2) is 8.44. The number of rotatable bonds is 3. The van der Waals surface area contributed by atoms with Crippen LogP contribution in [0.15, 0.2) is 140 Å². The number of thiophene rings is 1. The summed E-state index contributed by atoms with van der Waals surface area (Å²) in [7, 11) is 0. The second-order valence-corrected chi connectivity index (χ2v) is 10.9. The summed E-state index contributed by atoms with van der Waals surface area (Å²) in [6, 6.07) is 50.8. The highest BCUT2D eigenvalue weighted by atomic mass is 32.1. The van der Waals surface area contributed by atoms with Gasteiger partial charge in [0.05, 0.1) is 5.69 Å². The zero-order valence-corrected chi connectivity index (χ0v) is 21.5. The van der Waals surface area contributed by atoms with Crippen LogP contribution in [0.1, 0.15) is 0 Å². The van der Waals surface area contributed by atoms with Crippen molar-refractivity contribution in [3.8, 4) is 0 Å². The minimum absolute atomic E-state index is 1.15. The van der Waals surface area contributed by atoms with Crippen molar-refractivity contribution in [1.29, 1.82) is 0 Å². The van der Waals surface area contributed by atoms with Crippen LogP contribution in [0.5, 0.6) is 0 Å². The summed E-state index contributed by atoms with van der Waals surface area (Å²) in [5.74, 6) is 0. The summed E-state index contributed by atoms with van der Waals surface area (Å²) in [6.07, 6.45) is 0. The first-order valence-electron chi connectivity index (χ1n) is 12.9. The van der Waals surface area contributed by atoms with E-state index in [1.54, 1.807) is 0 Å². The molecular weight excluding hydrogens is 478 g/mol. The van der Waals surface area contributed by atoms with Gasteiger partial charge in [-0.2, -0.15) is 0 Å². The van der Waals surface area contributed by atoms with Crippen LogP contribution in [0.4, 0.5) is 17.1 Å². The average molecular weight is 502 g/mol. The van der Waals surface area contributed by atoms with Gasteiger partial charge in [-0.05, 0) is 69.4 Å². The minimum atomic E-state index is 1.15. The Labute approximate surface area is 224 Å². The smallest absolute Gasteiger partial charge is 0.0546 e. The van der Waals surface area contributed by atoms with Crippen molar-refractivity contribution in [1.82, 2.24) is 0 Å². The van der Waals surface area contributed by atoms with E-state index in [2.05, 4.69) is 144 Å². The van der Waals surface area contributed by atoms with E-state index in [0.717, 1.165) is 11.4 Å². The van der Waals surface area contributed by atoms with Crippen molar-refractivity contribution in [3.63, 3.8) is 0 Å². The molecule has 0 N–H and O–H groups in total. The van der Waals surface area contributed by atoms with Crippen LogP contribution in [-0.4, -0.2) is 0 Å². The van der Waals surface area contributed by atoms with Gasteiger partial charge in [-0.15, -0.1) is 11.3 Å². The van der Waals surface area contributed by atoms with Crippen LogP contribution in [0, 0.1) is 0 Å². The summed E-state index contributed by atoms with van der Waals surface area (Å²) in [6.45, 7) is 0. The Morgan fingerprint density at radius 3 is 1.89 bits per heavy atom. The minimum Gasteiger partial charge on any atom is -0.310 e. The highest BCUT2D eigenvalue weighted by Crippen LogP contribution is 2.45. The fraction of sp³-hybridized carbons (Fsp3) is 0. The fourth-order valence-electron chi connectivity index (χ4n) is 5.90. The van der Waals surface area contributed by atoms with Crippen LogP contribution in [0.25, 0.3) is 52.5 Å². The third-order valence-corrected chi connectivity index (χ3v) is 8.74. The molecule has 0 saturated heterocycles. The summed E-state index contributed by atoms with van der Waals surface area (Å²) in [5.41, 5.74) is 3.50. The lowest BCUT2D eigenvalue weighted by Crippen LogP contribution is -2.10. The molecule has 38 heavy (non-hydrogen) atoms. The number of anilines is 3. The van der Waals surface area contributed by atoms with Crippen LogP contribution in [-0.2, 0) is 0 Å². The van der Waals surface area contributed by atoms with E-state index < -0.39 is 0 Å². The van der Waals surface area contributed by atoms with E-state index in [4.69, 9.17) is 0 Å². The molecule has 8 aromatic rings. The molecule has 0 aliphatic rings. The van der Waals surface area contributed by atoms with Crippen LogP contribution in [0.2, 0.25) is 0 Å². The number of fused-ring (bicyclic) bond motifs is 8. The third kappa shape index (κ3) is 3.24. The van der Waals surface area contributed by atoms with Gasteiger partial charge >= 0.3 is 0 Å². The quantitative estimate of drug-likeness (QED) is 0.218. The third-order valence-electron chi connectivity index (χ3n) is 7.60. The molecule has 0 saturated carbocycles. The molecule has 0 unspecified atom stereocenters. The molecule has 7 aromatic carbocycles. The lowest BCUT2D eigenvalue weighted by molar-refractivity contribution is 1.31. The molecule has 1 heterocycles. The molecule has 1 aromatic heterocycles. The first-order chi connectivity index (χ1) is 18.8. The van der Waals surface area contributed by atoms with Crippen LogP contribution >= 0.6 is 11.3 Å². The molecule has 0 radical (unpaired) electrons. The SMILES string of the molecule is c1ccc(N(c2ccc3sc4ccc5ccccc5c4c3c2)c2cc3ccccc3c3ccccc23)cc1. The fourth-order valence-corrected chi connectivity index (χ4v) is 7.00. The molecule has 0 fully saturated rings. The zero-order chi connectivity index (χ0) is 25.1. The molecule has 0 aliphatic carbocycles. The van der Waals surface area contributed by atoms with Crippen molar-refractivity contribution < 1.29 is 0 Å². The predicted molar refractivity (Wildman–Crippen MR) is 167 cm³/mol. The Kier molecular flexibility index (Phi) is 4.76. The van der Waals surface area contributed by atoms with Crippen molar-refractivity contribution in [2.45, 2.75) is 0 Å². The standard InChI is InChI=1S/C36H23NS/c1-2-12-26(13-3-1)37(33-22-25-11-5-6-14-28(25)30-16-8-9-17-31(30)33)27-19-21-34-32(23-27)36-29-15-7-4-10-24(29)18-20-35(36)38-34/h1-23H. The van der Waals surface area contributed by atoms with Gasteiger partial charge < -0.3 is 4.90 Å². The molecule has 1 nitrogen and oxygen atoms in total. The maximum atomic E-state index is 2.42. The van der Waals surface area contributed by atoms with Gasteiger partial charge in [-0.1, -0.05) is 97.1 Å². The largest absolute Gasteiger partial charge is 0.310 e. The van der Waals surface area contributed by atoms with E-state index in [0.29, 0.717) is 0 Å². The summed E-state index contributed by atoms with van der Waals surface area (Å²) >= 11 is 1.87. The average Bonchev–Trinajstić information content (AvgIpc) is 3.37. The highest BCUT2D eigenvalue weighted by Gasteiger charge is 2.18. The summed E-state index contributed by atoms with van der Waals surface area (Å²) in [5, 5.41) is 10.3. The van der Waals surface area contributed by atoms with Crippen molar-refractivity contribution in [2.24, 2.45) is 0 Å². The maximum Gasteiger partial charge on any atom is 0.0546 e. The van der Waals surface area contributed by atoms with Crippen LogP contribution in [0.3, 0.4) is 0 Å². The molecular formula is C36H23NS. The van der Waals surface area contributed by atoms with Gasteiger partial charge in [0.2, 0.25) is 0 Å². The van der Waals surface area contributed by atoms with E-state index in [1.165, 1.54) is 58.2 Å².